The fourth-order valence-corrected chi connectivity index (χ4v) is 4.07. The van der Waals surface area contributed by atoms with Crippen LogP contribution in [0.15, 0.2) is 0 Å². The number of aliphatic carboxylic acids is 1. The molecule has 142 valence electrons. The fraction of sp³-hybridized carbons (Fsp3) is 0.824. The van der Waals surface area contributed by atoms with E-state index in [-0.39, 0.29) is 11.8 Å². The molecule has 1 heterocycles. The summed E-state index contributed by atoms with van der Waals surface area (Å²) in [5.41, 5.74) is 11.4. The van der Waals surface area contributed by atoms with Crippen molar-refractivity contribution in [3.8, 4) is 0 Å². The van der Waals surface area contributed by atoms with Crippen molar-refractivity contribution in [3.63, 3.8) is 0 Å². The first kappa shape index (κ1) is 19.8. The van der Waals surface area contributed by atoms with Crippen molar-refractivity contribution in [1.82, 2.24) is 0 Å². The van der Waals surface area contributed by atoms with Crippen LogP contribution in [-0.4, -0.2) is 53.3 Å². The highest BCUT2D eigenvalue weighted by atomic mass is 16.8. The number of hydrogen-bond acceptors (Lipinski definition) is 6. The second-order valence-electron chi connectivity index (χ2n) is 7.49. The van der Waals surface area contributed by atoms with Crippen LogP contribution in [0.1, 0.15) is 57.8 Å². The van der Waals surface area contributed by atoms with E-state index >= 15 is 0 Å². The van der Waals surface area contributed by atoms with Gasteiger partial charge in [0.1, 0.15) is 19.1 Å². The van der Waals surface area contributed by atoms with Crippen molar-refractivity contribution in [1.29, 1.82) is 0 Å². The third-order valence-electron chi connectivity index (χ3n) is 5.55. The summed E-state index contributed by atoms with van der Waals surface area (Å²) in [6.45, 7) is 1.13. The molecule has 8 nitrogen and oxygen atoms in total. The number of hydroxylamine groups is 3. The van der Waals surface area contributed by atoms with Crippen molar-refractivity contribution in [3.05, 3.63) is 0 Å². The standard InChI is InChI=1S/C17H29N3O5/c18-12-17(6-2-1-3-7-17)11-15(23)25-20(8-4-5-9-20)16(24)13(19)10-14(21)22/h13H,1-12,18-19H2/p+1/t13-/m0/s1. The molecule has 8 heteroatoms. The summed E-state index contributed by atoms with van der Waals surface area (Å²) in [7, 11) is 0. The number of rotatable bonds is 6. The Hall–Kier alpha value is -1.51. The van der Waals surface area contributed by atoms with Crippen LogP contribution in [0.2, 0.25) is 0 Å². The summed E-state index contributed by atoms with van der Waals surface area (Å²) in [6, 6.07) is -1.18. The summed E-state index contributed by atoms with van der Waals surface area (Å²) < 4.78 is -0.478. The molecular weight excluding hydrogens is 326 g/mol. The lowest BCUT2D eigenvalue weighted by molar-refractivity contribution is -1.02. The number of carbonyl (C=O) groups excluding carboxylic acids is 2. The average molecular weight is 356 g/mol. The summed E-state index contributed by atoms with van der Waals surface area (Å²) >= 11 is 0. The Bertz CT molecular complexity index is 510. The first-order valence-corrected chi connectivity index (χ1v) is 9.14. The van der Waals surface area contributed by atoms with E-state index in [4.69, 9.17) is 21.4 Å². The molecule has 25 heavy (non-hydrogen) atoms. The van der Waals surface area contributed by atoms with E-state index in [0.29, 0.717) is 19.6 Å². The minimum Gasteiger partial charge on any atom is -0.481 e. The third-order valence-corrected chi connectivity index (χ3v) is 5.55. The number of amides is 1. The van der Waals surface area contributed by atoms with E-state index in [1.807, 2.05) is 0 Å². The van der Waals surface area contributed by atoms with E-state index in [2.05, 4.69) is 0 Å². The van der Waals surface area contributed by atoms with Gasteiger partial charge in [-0.1, -0.05) is 23.9 Å². The molecule has 2 rings (SSSR count). The SMILES string of the molecule is NCC1(CC(=O)O[N+]2(C(=O)[C@@H](N)CC(=O)O)CCCC2)CCCCC1. The summed E-state index contributed by atoms with van der Waals surface area (Å²) in [5.74, 6) is -2.11. The van der Waals surface area contributed by atoms with Gasteiger partial charge in [0.25, 0.3) is 0 Å². The van der Waals surface area contributed by atoms with E-state index in [1.165, 1.54) is 0 Å². The first-order valence-electron chi connectivity index (χ1n) is 9.14. The number of hydrogen-bond donors (Lipinski definition) is 3. The van der Waals surface area contributed by atoms with Gasteiger partial charge in [0.05, 0.1) is 12.8 Å². The molecular formula is C17H30N3O5+. The van der Waals surface area contributed by atoms with Crippen LogP contribution >= 0.6 is 0 Å². The highest BCUT2D eigenvalue weighted by molar-refractivity contribution is 5.82. The largest absolute Gasteiger partial charge is 0.481 e. The van der Waals surface area contributed by atoms with Crippen molar-refractivity contribution >= 4 is 17.8 Å². The van der Waals surface area contributed by atoms with Crippen LogP contribution in [-0.2, 0) is 19.2 Å². The topological polar surface area (TPSA) is 133 Å². The van der Waals surface area contributed by atoms with Crippen LogP contribution in [0.4, 0.5) is 0 Å². The van der Waals surface area contributed by atoms with Crippen LogP contribution in [0.5, 0.6) is 0 Å². The van der Waals surface area contributed by atoms with Crippen molar-refractivity contribution in [2.75, 3.05) is 19.6 Å². The van der Waals surface area contributed by atoms with E-state index in [0.717, 1.165) is 44.9 Å². The minimum atomic E-state index is -1.18. The number of nitrogens with two attached hydrogens (primary N) is 2. The lowest BCUT2D eigenvalue weighted by atomic mass is 9.72. The van der Waals surface area contributed by atoms with Crippen molar-refractivity contribution in [2.24, 2.45) is 16.9 Å². The van der Waals surface area contributed by atoms with E-state index in [9.17, 15) is 14.4 Å². The smallest absolute Gasteiger partial charge is 0.372 e. The number of nitrogens with zero attached hydrogens (tertiary/aromatic N) is 1. The summed E-state index contributed by atoms with van der Waals surface area (Å²) in [4.78, 5) is 41.7. The molecule has 0 spiro atoms. The van der Waals surface area contributed by atoms with E-state index in [1.54, 1.807) is 0 Å². The van der Waals surface area contributed by atoms with E-state index < -0.39 is 35.0 Å². The lowest BCUT2D eigenvalue weighted by Crippen LogP contribution is -2.58. The van der Waals surface area contributed by atoms with Gasteiger partial charge >= 0.3 is 17.8 Å². The minimum absolute atomic E-state index is 0.199. The second-order valence-corrected chi connectivity index (χ2v) is 7.49. The van der Waals surface area contributed by atoms with Gasteiger partial charge in [-0.2, -0.15) is 0 Å². The van der Waals surface area contributed by atoms with Gasteiger partial charge in [0, 0.05) is 12.8 Å². The molecule has 0 aromatic heterocycles. The van der Waals surface area contributed by atoms with Gasteiger partial charge in [-0.3, -0.25) is 9.63 Å². The Kier molecular flexibility index (Phi) is 6.53. The molecule has 0 radical (unpaired) electrons. The summed E-state index contributed by atoms with van der Waals surface area (Å²) in [5, 5.41) is 8.86. The van der Waals surface area contributed by atoms with Crippen molar-refractivity contribution < 1.29 is 29.0 Å². The zero-order chi connectivity index (χ0) is 18.5. The molecule has 1 aliphatic heterocycles. The van der Waals surface area contributed by atoms with Gasteiger partial charge in [-0.05, 0) is 24.8 Å². The molecule has 0 unspecified atom stereocenters. The Balaban J connectivity index is 2.06. The zero-order valence-electron chi connectivity index (χ0n) is 14.7. The molecule has 1 saturated carbocycles. The van der Waals surface area contributed by atoms with Gasteiger partial charge in [-0.25, -0.2) is 9.59 Å². The maximum absolute atomic E-state index is 12.7. The number of carboxylic acid groups (broad SMARTS) is 1. The van der Waals surface area contributed by atoms with Crippen LogP contribution in [0, 0.1) is 5.41 Å². The van der Waals surface area contributed by atoms with Gasteiger partial charge in [-0.15, -0.1) is 0 Å². The van der Waals surface area contributed by atoms with Crippen LogP contribution in [0.3, 0.4) is 0 Å². The summed E-state index contributed by atoms with van der Waals surface area (Å²) in [6.07, 6.45) is 6.24. The predicted octanol–water partition coefficient (Wildman–Crippen LogP) is 0.683. The molecule has 1 amide bonds. The highest BCUT2D eigenvalue weighted by Gasteiger charge is 2.49. The molecule has 1 atom stereocenters. The quantitative estimate of drug-likeness (QED) is 0.596. The monoisotopic (exact) mass is 356 g/mol. The third kappa shape index (κ3) is 4.77. The maximum atomic E-state index is 12.7. The van der Waals surface area contributed by atoms with Crippen molar-refractivity contribution in [2.45, 2.75) is 63.8 Å². The highest BCUT2D eigenvalue weighted by Crippen LogP contribution is 2.39. The normalized spacial score (nSPS) is 23.0. The van der Waals surface area contributed by atoms with Gasteiger partial charge in [0.2, 0.25) is 0 Å². The molecule has 0 bridgehead atoms. The molecule has 1 aliphatic carbocycles. The maximum Gasteiger partial charge on any atom is 0.372 e. The lowest BCUT2D eigenvalue weighted by Gasteiger charge is -2.36. The first-order chi connectivity index (χ1) is 11.8. The number of carbonyl (C=O) groups is 3. The van der Waals surface area contributed by atoms with Gasteiger partial charge in [0.15, 0.2) is 0 Å². The second kappa shape index (κ2) is 8.25. The molecule has 2 aliphatic rings. The molecule has 0 aromatic carbocycles. The Labute approximate surface area is 148 Å². The molecule has 5 N–H and O–H groups in total. The van der Waals surface area contributed by atoms with Crippen LogP contribution in [0.25, 0.3) is 0 Å². The Morgan fingerprint density at radius 1 is 1.08 bits per heavy atom. The predicted molar refractivity (Wildman–Crippen MR) is 89.7 cm³/mol. The molecule has 2 fully saturated rings. The fourth-order valence-electron chi connectivity index (χ4n) is 4.07. The van der Waals surface area contributed by atoms with Crippen LogP contribution < -0.4 is 11.5 Å². The Morgan fingerprint density at radius 2 is 1.68 bits per heavy atom. The average Bonchev–Trinajstić information content (AvgIpc) is 3.03. The number of likely N-dealkylation sites (tertiary alicyclic amines) is 1. The number of carboxylic acids is 1. The number of quaternary nitrogens is 1. The molecule has 0 aromatic rings. The Morgan fingerprint density at radius 3 is 2.20 bits per heavy atom. The van der Waals surface area contributed by atoms with Gasteiger partial charge < -0.3 is 16.6 Å². The zero-order valence-corrected chi connectivity index (χ0v) is 14.7. The molecule has 1 saturated heterocycles.